The first kappa shape index (κ1) is 21.5. The number of oxazole rings is 4. The predicted octanol–water partition coefficient (Wildman–Crippen LogP) is 5.22. The van der Waals surface area contributed by atoms with Crippen molar-refractivity contribution in [3.05, 3.63) is 86.4 Å². The minimum atomic E-state index is 0.327. The molecule has 7 rings (SSSR count). The van der Waals surface area contributed by atoms with Gasteiger partial charge < -0.3 is 17.7 Å². The zero-order valence-corrected chi connectivity index (χ0v) is 19.3. The number of hydrogen-bond donors (Lipinski definition) is 0. The minimum absolute atomic E-state index is 0.327. The van der Waals surface area contributed by atoms with Gasteiger partial charge in [-0.2, -0.15) is 0 Å². The van der Waals surface area contributed by atoms with E-state index >= 15 is 0 Å². The molecule has 0 bridgehead atoms. The molecule has 12 nitrogen and oxygen atoms in total. The second-order valence-corrected chi connectivity index (χ2v) is 7.90. The number of hydrogen-bond acceptors (Lipinski definition) is 12. The summed E-state index contributed by atoms with van der Waals surface area (Å²) in [5, 5.41) is 0. The first-order chi connectivity index (χ1) is 18.8. The number of aromatic nitrogens is 8. The van der Waals surface area contributed by atoms with Crippen molar-refractivity contribution in [3.8, 4) is 69.0 Å². The summed E-state index contributed by atoms with van der Waals surface area (Å²) in [5.74, 6) is 2.58. The van der Waals surface area contributed by atoms with Gasteiger partial charge in [-0.05, 0) is 24.3 Å². The lowest BCUT2D eigenvalue weighted by Crippen LogP contribution is -1.88. The van der Waals surface area contributed by atoms with Crippen LogP contribution in [0.15, 0.2) is 104 Å². The van der Waals surface area contributed by atoms with Crippen LogP contribution in [-0.2, 0) is 0 Å². The summed E-state index contributed by atoms with van der Waals surface area (Å²) < 4.78 is 22.5. The van der Waals surface area contributed by atoms with E-state index in [2.05, 4.69) is 39.9 Å². The van der Waals surface area contributed by atoms with E-state index in [0.717, 1.165) is 0 Å². The summed E-state index contributed by atoms with van der Waals surface area (Å²) in [7, 11) is 0. The van der Waals surface area contributed by atoms with Gasteiger partial charge in [0.25, 0.3) is 0 Å². The zero-order chi connectivity index (χ0) is 25.3. The molecule has 0 aliphatic carbocycles. The quantitative estimate of drug-likeness (QED) is 0.292. The van der Waals surface area contributed by atoms with Crippen LogP contribution in [0.2, 0.25) is 0 Å². The highest BCUT2D eigenvalue weighted by atomic mass is 16.4. The van der Waals surface area contributed by atoms with Crippen molar-refractivity contribution in [3.63, 3.8) is 0 Å². The van der Waals surface area contributed by atoms with E-state index in [4.69, 9.17) is 17.7 Å². The number of pyridine rings is 2. The summed E-state index contributed by atoms with van der Waals surface area (Å²) in [4.78, 5) is 34.6. The monoisotopic (exact) mass is 502 g/mol. The van der Waals surface area contributed by atoms with Crippen LogP contribution in [0.1, 0.15) is 0 Å². The third-order valence-corrected chi connectivity index (χ3v) is 5.46. The molecule has 0 spiro atoms. The van der Waals surface area contributed by atoms with E-state index in [9.17, 15) is 0 Å². The van der Waals surface area contributed by atoms with Crippen LogP contribution in [0.25, 0.3) is 69.0 Å². The Balaban J connectivity index is 1.16. The maximum absolute atomic E-state index is 5.95. The van der Waals surface area contributed by atoms with E-state index in [1.807, 2.05) is 24.3 Å². The van der Waals surface area contributed by atoms with E-state index < -0.39 is 0 Å². The average molecular weight is 502 g/mol. The molecule has 0 atom stereocenters. The molecule has 0 N–H and O–H groups in total. The van der Waals surface area contributed by atoms with Gasteiger partial charge in [-0.25, -0.2) is 34.9 Å². The Morgan fingerprint density at radius 2 is 0.895 bits per heavy atom. The molecule has 7 aromatic rings. The standard InChI is InChI=1S/C26H14N8O4/c1-3-15(21-9-28-13-35-21)32-17(5-1)25-30-11-23(37-25)19-7-27-8-20(34-19)24-12-31-26(38-24)18-6-2-4-16(33-18)22-10-29-14-36-22/h1-14H. The van der Waals surface area contributed by atoms with E-state index in [0.29, 0.717) is 69.0 Å². The highest BCUT2D eigenvalue weighted by Gasteiger charge is 2.16. The molecule has 0 unspecified atom stereocenters. The maximum atomic E-state index is 5.95. The topological polar surface area (TPSA) is 156 Å². The van der Waals surface area contributed by atoms with Crippen molar-refractivity contribution >= 4 is 0 Å². The summed E-state index contributed by atoms with van der Waals surface area (Å²) in [5.41, 5.74) is 3.24. The Kier molecular flexibility index (Phi) is 5.10. The Bertz CT molecular complexity index is 1710. The third-order valence-electron chi connectivity index (χ3n) is 5.46. The molecule has 7 heterocycles. The molecule has 0 aliphatic heterocycles. The fraction of sp³-hybridized carbons (Fsp3) is 0. The van der Waals surface area contributed by atoms with Gasteiger partial charge in [0.05, 0.1) is 37.2 Å². The predicted molar refractivity (Wildman–Crippen MR) is 130 cm³/mol. The summed E-state index contributed by atoms with van der Waals surface area (Å²) in [6.45, 7) is 0. The van der Waals surface area contributed by atoms with E-state index in [-0.39, 0.29) is 0 Å². The largest absolute Gasteiger partial charge is 0.442 e. The molecule has 12 heteroatoms. The lowest BCUT2D eigenvalue weighted by molar-refractivity contribution is 0.568. The Morgan fingerprint density at radius 1 is 0.421 bits per heavy atom. The summed E-state index contributed by atoms with van der Waals surface area (Å²) in [6.07, 6.45) is 12.2. The first-order valence-electron chi connectivity index (χ1n) is 11.3. The van der Waals surface area contributed by atoms with Crippen LogP contribution in [-0.4, -0.2) is 39.9 Å². The van der Waals surface area contributed by atoms with Crippen LogP contribution in [0.4, 0.5) is 0 Å². The summed E-state index contributed by atoms with van der Waals surface area (Å²) >= 11 is 0. The van der Waals surface area contributed by atoms with Gasteiger partial charge >= 0.3 is 0 Å². The first-order valence-corrected chi connectivity index (χ1v) is 11.3. The molecule has 7 aromatic heterocycles. The van der Waals surface area contributed by atoms with Crippen LogP contribution in [0, 0.1) is 0 Å². The van der Waals surface area contributed by atoms with Gasteiger partial charge in [-0.3, -0.25) is 4.98 Å². The molecule has 0 aliphatic rings. The highest BCUT2D eigenvalue weighted by molar-refractivity contribution is 5.63. The van der Waals surface area contributed by atoms with Crippen molar-refractivity contribution < 1.29 is 17.7 Å². The van der Waals surface area contributed by atoms with Crippen molar-refractivity contribution in [1.29, 1.82) is 0 Å². The lowest BCUT2D eigenvalue weighted by atomic mass is 10.2. The molecular formula is C26H14N8O4. The number of nitrogens with zero attached hydrogens (tertiary/aromatic N) is 8. The van der Waals surface area contributed by atoms with Gasteiger partial charge in [0.1, 0.15) is 34.2 Å². The smallest absolute Gasteiger partial charge is 0.245 e. The molecule has 38 heavy (non-hydrogen) atoms. The van der Waals surface area contributed by atoms with Crippen molar-refractivity contribution in [2.75, 3.05) is 0 Å². The average Bonchev–Trinajstić information content (AvgIpc) is 3.80. The highest BCUT2D eigenvalue weighted by Crippen LogP contribution is 2.29. The Labute approximate surface area is 213 Å². The van der Waals surface area contributed by atoms with Crippen LogP contribution < -0.4 is 0 Å². The van der Waals surface area contributed by atoms with Crippen molar-refractivity contribution in [2.24, 2.45) is 0 Å². The fourth-order valence-corrected chi connectivity index (χ4v) is 3.69. The third kappa shape index (κ3) is 4.01. The van der Waals surface area contributed by atoms with Crippen molar-refractivity contribution in [2.45, 2.75) is 0 Å². The Hall–Kier alpha value is -5.78. The zero-order valence-electron chi connectivity index (χ0n) is 19.3. The second kappa shape index (κ2) is 9.02. The number of rotatable bonds is 6. The molecule has 0 radical (unpaired) electrons. The normalized spacial score (nSPS) is 11.2. The minimum Gasteiger partial charge on any atom is -0.442 e. The molecule has 0 aromatic carbocycles. The molecular weight excluding hydrogens is 488 g/mol. The molecule has 0 saturated heterocycles. The van der Waals surface area contributed by atoms with Gasteiger partial charge in [-0.15, -0.1) is 0 Å². The maximum Gasteiger partial charge on any atom is 0.245 e. The van der Waals surface area contributed by atoms with Crippen molar-refractivity contribution in [1.82, 2.24) is 39.9 Å². The summed E-state index contributed by atoms with van der Waals surface area (Å²) in [6, 6.07) is 10.9. The molecule has 0 fully saturated rings. The lowest BCUT2D eigenvalue weighted by Gasteiger charge is -2.00. The Morgan fingerprint density at radius 3 is 1.37 bits per heavy atom. The van der Waals surface area contributed by atoms with Gasteiger partial charge in [0.2, 0.25) is 11.8 Å². The van der Waals surface area contributed by atoms with E-state index in [1.165, 1.54) is 12.8 Å². The van der Waals surface area contributed by atoms with Gasteiger partial charge in [0.15, 0.2) is 35.8 Å². The van der Waals surface area contributed by atoms with E-state index in [1.54, 1.807) is 49.3 Å². The van der Waals surface area contributed by atoms with Gasteiger partial charge in [0, 0.05) is 0 Å². The van der Waals surface area contributed by atoms with Crippen LogP contribution in [0.3, 0.4) is 0 Å². The fourth-order valence-electron chi connectivity index (χ4n) is 3.69. The molecule has 182 valence electrons. The second-order valence-electron chi connectivity index (χ2n) is 7.90. The van der Waals surface area contributed by atoms with Crippen LogP contribution >= 0.6 is 0 Å². The molecule has 0 amide bonds. The molecule has 0 saturated carbocycles. The van der Waals surface area contributed by atoms with Crippen LogP contribution in [0.5, 0.6) is 0 Å². The SMILES string of the molecule is c1cc(-c2cnco2)nc(-c2ncc(-c3cncc(-c4cnc(-c5cccc(-c6cnco6)n5)o4)n3)o2)c1. The van der Waals surface area contributed by atoms with Gasteiger partial charge in [-0.1, -0.05) is 12.1 Å².